The molecule has 0 unspecified atom stereocenters. The fraction of sp³-hybridized carbons (Fsp3) is 0.150. The maximum Gasteiger partial charge on any atom is 0.270 e. The van der Waals surface area contributed by atoms with E-state index in [1.807, 2.05) is 30.3 Å². The summed E-state index contributed by atoms with van der Waals surface area (Å²) in [4.78, 5) is 45.4. The average molecular weight is 396 g/mol. The first-order valence-electron chi connectivity index (χ1n) is 8.76. The lowest BCUT2D eigenvalue weighted by Gasteiger charge is -2.06. The molecule has 3 N–H and O–H groups in total. The molecule has 0 saturated carbocycles. The van der Waals surface area contributed by atoms with Gasteiger partial charge < -0.3 is 5.32 Å². The summed E-state index contributed by atoms with van der Waals surface area (Å²) in [6.45, 7) is 0.375. The molecule has 2 aromatic carbocycles. The molecule has 0 bridgehead atoms. The Kier molecular flexibility index (Phi) is 8.06. The summed E-state index contributed by atoms with van der Waals surface area (Å²) in [6, 6.07) is 15.1. The molecule has 0 aliphatic heterocycles. The molecule has 29 heavy (non-hydrogen) atoms. The summed E-state index contributed by atoms with van der Waals surface area (Å²) in [6.07, 6.45) is 2.41. The molecule has 3 amide bonds. The van der Waals surface area contributed by atoms with Gasteiger partial charge in [-0.1, -0.05) is 42.5 Å². The van der Waals surface area contributed by atoms with E-state index < -0.39 is 16.7 Å². The highest BCUT2D eigenvalue weighted by molar-refractivity contribution is 5.93. The largest absolute Gasteiger partial charge is 0.352 e. The van der Waals surface area contributed by atoms with Crippen molar-refractivity contribution in [3.63, 3.8) is 0 Å². The van der Waals surface area contributed by atoms with Crippen molar-refractivity contribution in [2.45, 2.75) is 19.4 Å². The number of nitrogens with one attached hydrogen (secondary N) is 3. The first-order chi connectivity index (χ1) is 13.9. The molecule has 0 aliphatic rings. The van der Waals surface area contributed by atoms with Gasteiger partial charge in [0.25, 0.3) is 11.6 Å². The fourth-order valence-corrected chi connectivity index (χ4v) is 2.26. The summed E-state index contributed by atoms with van der Waals surface area (Å²) < 4.78 is 0. The lowest BCUT2D eigenvalue weighted by atomic mass is 10.2. The Labute approximate surface area is 166 Å². The summed E-state index contributed by atoms with van der Waals surface area (Å²) >= 11 is 0. The molecule has 0 aliphatic carbocycles. The van der Waals surface area contributed by atoms with Crippen LogP contribution in [0.5, 0.6) is 0 Å². The van der Waals surface area contributed by atoms with Gasteiger partial charge in [-0.3, -0.25) is 35.3 Å². The zero-order valence-electron chi connectivity index (χ0n) is 15.5. The number of nitrogens with zero attached hydrogens (tertiary/aromatic N) is 1. The quantitative estimate of drug-likeness (QED) is 0.356. The van der Waals surface area contributed by atoms with E-state index in [4.69, 9.17) is 0 Å². The molecule has 9 nitrogen and oxygen atoms in total. The van der Waals surface area contributed by atoms with Crippen LogP contribution in [0.2, 0.25) is 0 Å². The zero-order chi connectivity index (χ0) is 21.1. The first-order valence-corrected chi connectivity index (χ1v) is 8.76. The minimum absolute atomic E-state index is 0.0158. The standard InChI is InChI=1S/C20H20N4O5/c25-18(21-14-16-5-2-1-3-6-16)11-12-20(27)23-22-19(26)10-9-15-7-4-8-17(13-15)24(28)29/h1-10,13H,11-12,14H2,(H,21,25)(H,22,26)(H,23,27)/b10-9+. The third-order valence-electron chi connectivity index (χ3n) is 3.74. The Morgan fingerprint density at radius 3 is 2.38 bits per heavy atom. The van der Waals surface area contributed by atoms with Crippen LogP contribution in [-0.2, 0) is 20.9 Å². The molecule has 0 aromatic heterocycles. The molecule has 0 heterocycles. The minimum atomic E-state index is -0.613. The van der Waals surface area contributed by atoms with Crippen LogP contribution in [0.1, 0.15) is 24.0 Å². The number of carbonyl (C=O) groups is 3. The summed E-state index contributed by atoms with van der Waals surface area (Å²) in [7, 11) is 0. The van der Waals surface area contributed by atoms with Crippen molar-refractivity contribution in [1.82, 2.24) is 16.2 Å². The van der Waals surface area contributed by atoms with Crippen molar-refractivity contribution < 1.29 is 19.3 Å². The van der Waals surface area contributed by atoms with Crippen LogP contribution in [-0.4, -0.2) is 22.6 Å². The van der Waals surface area contributed by atoms with Gasteiger partial charge in [-0.15, -0.1) is 0 Å². The lowest BCUT2D eigenvalue weighted by Crippen LogP contribution is -2.41. The van der Waals surface area contributed by atoms with Gasteiger partial charge in [0.1, 0.15) is 0 Å². The van der Waals surface area contributed by atoms with Crippen molar-refractivity contribution in [3.05, 3.63) is 81.9 Å². The van der Waals surface area contributed by atoms with Crippen molar-refractivity contribution in [3.8, 4) is 0 Å². The van der Waals surface area contributed by atoms with E-state index in [0.29, 0.717) is 12.1 Å². The lowest BCUT2D eigenvalue weighted by molar-refractivity contribution is -0.384. The highest BCUT2D eigenvalue weighted by atomic mass is 16.6. The molecular formula is C20H20N4O5. The van der Waals surface area contributed by atoms with Gasteiger partial charge in [0, 0.05) is 37.6 Å². The normalized spacial score (nSPS) is 10.3. The maximum absolute atomic E-state index is 11.8. The van der Waals surface area contributed by atoms with E-state index in [2.05, 4.69) is 16.2 Å². The van der Waals surface area contributed by atoms with Gasteiger partial charge in [-0.2, -0.15) is 0 Å². The summed E-state index contributed by atoms with van der Waals surface area (Å²) in [5.74, 6) is -1.41. The number of rotatable bonds is 8. The van der Waals surface area contributed by atoms with E-state index >= 15 is 0 Å². The topological polar surface area (TPSA) is 130 Å². The number of hydrogen-bond donors (Lipinski definition) is 3. The second kappa shape index (κ2) is 11.0. The number of non-ortho nitro benzene ring substituents is 1. The Hall–Kier alpha value is -4.01. The first kappa shape index (κ1) is 21.3. The van der Waals surface area contributed by atoms with Crippen LogP contribution in [0, 0.1) is 10.1 Å². The van der Waals surface area contributed by atoms with Crippen LogP contribution in [0.15, 0.2) is 60.7 Å². The highest BCUT2D eigenvalue weighted by Gasteiger charge is 2.08. The molecule has 0 saturated heterocycles. The molecule has 150 valence electrons. The third kappa shape index (κ3) is 8.04. The number of hydrogen-bond acceptors (Lipinski definition) is 5. The molecule has 2 rings (SSSR count). The van der Waals surface area contributed by atoms with Crippen molar-refractivity contribution in [2.24, 2.45) is 0 Å². The van der Waals surface area contributed by atoms with E-state index in [1.54, 1.807) is 6.07 Å². The van der Waals surface area contributed by atoms with Crippen molar-refractivity contribution >= 4 is 29.5 Å². The van der Waals surface area contributed by atoms with E-state index in [1.165, 1.54) is 24.3 Å². The Morgan fingerprint density at radius 2 is 1.66 bits per heavy atom. The Balaban J connectivity index is 1.67. The van der Waals surface area contributed by atoms with Crippen LogP contribution < -0.4 is 16.2 Å². The molecule has 0 atom stereocenters. The summed E-state index contributed by atoms with van der Waals surface area (Å²) in [5.41, 5.74) is 5.71. The van der Waals surface area contributed by atoms with Gasteiger partial charge in [-0.25, -0.2) is 0 Å². The number of nitro benzene ring substituents is 1. The zero-order valence-corrected chi connectivity index (χ0v) is 15.5. The summed E-state index contributed by atoms with van der Waals surface area (Å²) in [5, 5.41) is 13.4. The van der Waals surface area contributed by atoms with Gasteiger partial charge in [0.15, 0.2) is 0 Å². The maximum atomic E-state index is 11.8. The molecule has 0 spiro atoms. The predicted molar refractivity (Wildman–Crippen MR) is 106 cm³/mol. The Morgan fingerprint density at radius 1 is 0.931 bits per heavy atom. The van der Waals surface area contributed by atoms with E-state index in [0.717, 1.165) is 11.6 Å². The highest BCUT2D eigenvalue weighted by Crippen LogP contribution is 2.13. The molecule has 0 radical (unpaired) electrons. The van der Waals surface area contributed by atoms with Gasteiger partial charge in [-0.05, 0) is 17.2 Å². The number of hydrazine groups is 1. The van der Waals surface area contributed by atoms with Crippen LogP contribution in [0.25, 0.3) is 6.08 Å². The Bertz CT molecular complexity index is 912. The smallest absolute Gasteiger partial charge is 0.270 e. The minimum Gasteiger partial charge on any atom is -0.352 e. The number of nitro groups is 1. The van der Waals surface area contributed by atoms with E-state index in [-0.39, 0.29) is 24.4 Å². The van der Waals surface area contributed by atoms with E-state index in [9.17, 15) is 24.5 Å². The van der Waals surface area contributed by atoms with Crippen LogP contribution in [0.3, 0.4) is 0 Å². The van der Waals surface area contributed by atoms with Gasteiger partial charge in [0.2, 0.25) is 11.8 Å². The second-order valence-electron chi connectivity index (χ2n) is 5.99. The molecule has 2 aromatic rings. The molecular weight excluding hydrogens is 376 g/mol. The van der Waals surface area contributed by atoms with Crippen molar-refractivity contribution in [1.29, 1.82) is 0 Å². The SMILES string of the molecule is O=C(/C=C/c1cccc([N+](=O)[O-])c1)NNC(=O)CCC(=O)NCc1ccccc1. The van der Waals surface area contributed by atoms with Gasteiger partial charge in [0.05, 0.1) is 4.92 Å². The molecule has 9 heteroatoms. The average Bonchev–Trinajstić information content (AvgIpc) is 2.74. The monoisotopic (exact) mass is 396 g/mol. The predicted octanol–water partition coefficient (Wildman–Crippen LogP) is 1.85. The molecule has 0 fully saturated rings. The fourth-order valence-electron chi connectivity index (χ4n) is 2.26. The number of amides is 3. The van der Waals surface area contributed by atoms with Crippen LogP contribution >= 0.6 is 0 Å². The number of carbonyl (C=O) groups excluding carboxylic acids is 3. The van der Waals surface area contributed by atoms with Crippen molar-refractivity contribution in [2.75, 3.05) is 0 Å². The van der Waals surface area contributed by atoms with Gasteiger partial charge >= 0.3 is 0 Å². The third-order valence-corrected chi connectivity index (χ3v) is 3.74. The number of benzene rings is 2. The van der Waals surface area contributed by atoms with Crippen LogP contribution in [0.4, 0.5) is 5.69 Å². The second-order valence-corrected chi connectivity index (χ2v) is 5.99.